The van der Waals surface area contributed by atoms with E-state index in [4.69, 9.17) is 0 Å². The van der Waals surface area contributed by atoms with E-state index in [0.29, 0.717) is 11.8 Å². The van der Waals surface area contributed by atoms with Gasteiger partial charge in [0.15, 0.2) is 0 Å². The first-order valence-corrected chi connectivity index (χ1v) is 25.5. The molecule has 0 aliphatic rings. The first kappa shape index (κ1) is 49.0. The van der Waals surface area contributed by atoms with Crippen molar-refractivity contribution in [3.8, 4) is 22.3 Å². The number of nitrogens with zero attached hydrogens (tertiary/aromatic N) is 2. The van der Waals surface area contributed by atoms with Crippen molar-refractivity contribution < 1.29 is 0 Å². The summed E-state index contributed by atoms with van der Waals surface area (Å²) in [5, 5.41) is 4.90. The molecule has 0 radical (unpaired) electrons. The molecule has 0 N–H and O–H groups in total. The Labute approximate surface area is 409 Å². The fourth-order valence-electron chi connectivity index (χ4n) is 9.35. The van der Waals surface area contributed by atoms with Gasteiger partial charge < -0.3 is 9.80 Å². The van der Waals surface area contributed by atoms with Crippen LogP contribution in [0.15, 0.2) is 194 Å². The molecule has 0 aliphatic heterocycles. The molecule has 2 atom stereocenters. The number of rotatable bonds is 14. The summed E-state index contributed by atoms with van der Waals surface area (Å²) >= 11 is 0. The zero-order chi connectivity index (χ0) is 48.2. The maximum Gasteiger partial charge on any atom is 0.0468 e. The molecule has 9 aromatic rings. The van der Waals surface area contributed by atoms with Crippen LogP contribution >= 0.6 is 0 Å². The van der Waals surface area contributed by atoms with E-state index in [2.05, 4.69) is 245 Å². The summed E-state index contributed by atoms with van der Waals surface area (Å²) < 4.78 is 0. The summed E-state index contributed by atoms with van der Waals surface area (Å²) in [6.45, 7) is 21.6. The predicted octanol–water partition coefficient (Wildman–Crippen LogP) is 20.5. The highest BCUT2D eigenvalue weighted by Crippen LogP contribution is 2.48. The molecule has 2 heteroatoms. The minimum atomic E-state index is 0.509. The van der Waals surface area contributed by atoms with E-state index in [1.807, 2.05) is 27.7 Å². The molecule has 0 spiro atoms. The first-order valence-electron chi connectivity index (χ1n) is 25.5. The van der Waals surface area contributed by atoms with Crippen molar-refractivity contribution >= 4 is 55.7 Å². The monoisotopic (exact) mass is 893 g/mol. The molecule has 68 heavy (non-hydrogen) atoms. The van der Waals surface area contributed by atoms with Crippen molar-refractivity contribution in [1.82, 2.24) is 0 Å². The zero-order valence-corrected chi connectivity index (χ0v) is 42.4. The number of benzene rings is 9. The lowest BCUT2D eigenvalue weighted by Gasteiger charge is -2.28. The van der Waals surface area contributed by atoms with Crippen LogP contribution in [0, 0.1) is 0 Å². The summed E-state index contributed by atoms with van der Waals surface area (Å²) in [6, 6.07) is 72.9. The van der Waals surface area contributed by atoms with Crippen LogP contribution in [0.1, 0.15) is 116 Å². The Balaban J connectivity index is 0.00000167. The molecule has 0 fully saturated rings. The van der Waals surface area contributed by atoms with E-state index in [0.717, 1.165) is 59.8 Å². The minimum absolute atomic E-state index is 0.509. The van der Waals surface area contributed by atoms with Gasteiger partial charge in [0.05, 0.1) is 0 Å². The zero-order valence-electron chi connectivity index (χ0n) is 42.4. The second-order valence-electron chi connectivity index (χ2n) is 17.5. The Kier molecular flexibility index (Phi) is 16.7. The smallest absolute Gasteiger partial charge is 0.0468 e. The van der Waals surface area contributed by atoms with Gasteiger partial charge in [0.25, 0.3) is 0 Å². The van der Waals surface area contributed by atoms with Gasteiger partial charge in [-0.2, -0.15) is 0 Å². The molecule has 0 heterocycles. The highest BCUT2D eigenvalue weighted by Gasteiger charge is 2.22. The second-order valence-corrected chi connectivity index (χ2v) is 17.5. The highest BCUT2D eigenvalue weighted by molar-refractivity contribution is 6.22. The number of hydrogen-bond acceptors (Lipinski definition) is 2. The largest absolute Gasteiger partial charge is 0.310 e. The van der Waals surface area contributed by atoms with E-state index in [9.17, 15) is 0 Å². The molecular formula is C66H72N2. The normalized spacial score (nSPS) is 11.8. The van der Waals surface area contributed by atoms with Crippen molar-refractivity contribution in [3.05, 3.63) is 216 Å². The lowest BCUT2D eigenvalue weighted by molar-refractivity contribution is 0.733. The van der Waals surface area contributed by atoms with Crippen molar-refractivity contribution in [2.75, 3.05) is 9.80 Å². The molecule has 0 amide bonds. The van der Waals surface area contributed by atoms with Gasteiger partial charge in [-0.05, 0) is 176 Å². The van der Waals surface area contributed by atoms with Gasteiger partial charge in [0.2, 0.25) is 0 Å². The maximum atomic E-state index is 2.44. The average Bonchev–Trinajstić information content (AvgIpc) is 3.42. The van der Waals surface area contributed by atoms with E-state index < -0.39 is 0 Å². The third-order valence-corrected chi connectivity index (χ3v) is 13.6. The molecule has 0 aromatic heterocycles. The summed E-state index contributed by atoms with van der Waals surface area (Å²) in [5.74, 6) is 1.02. The molecule has 9 aromatic carbocycles. The van der Waals surface area contributed by atoms with Crippen LogP contribution in [-0.2, 0) is 12.8 Å². The summed E-state index contributed by atoms with van der Waals surface area (Å²) in [4.78, 5) is 4.86. The van der Waals surface area contributed by atoms with Gasteiger partial charge >= 0.3 is 0 Å². The van der Waals surface area contributed by atoms with Crippen molar-refractivity contribution in [1.29, 1.82) is 0 Å². The van der Waals surface area contributed by atoms with Crippen LogP contribution in [0.5, 0.6) is 0 Å². The van der Waals surface area contributed by atoms with Gasteiger partial charge in [0, 0.05) is 34.1 Å². The van der Waals surface area contributed by atoms with Gasteiger partial charge in [-0.15, -0.1) is 0 Å². The van der Waals surface area contributed by atoms with Crippen molar-refractivity contribution in [2.45, 2.75) is 107 Å². The Bertz CT molecular complexity index is 2760. The molecule has 2 nitrogen and oxygen atoms in total. The summed E-state index contributed by atoms with van der Waals surface area (Å²) in [5.41, 5.74) is 17.1. The molecule has 2 unspecified atom stereocenters. The van der Waals surface area contributed by atoms with Crippen LogP contribution in [0.2, 0.25) is 0 Å². The third kappa shape index (κ3) is 10.3. The topological polar surface area (TPSA) is 6.48 Å². The van der Waals surface area contributed by atoms with Gasteiger partial charge in [-0.25, -0.2) is 0 Å². The fraction of sp³-hybridized carbons (Fsp3) is 0.242. The Morgan fingerprint density at radius 3 is 0.912 bits per heavy atom. The van der Waals surface area contributed by atoms with Crippen LogP contribution in [0.3, 0.4) is 0 Å². The van der Waals surface area contributed by atoms with Gasteiger partial charge in [-0.3, -0.25) is 0 Å². The maximum absolute atomic E-state index is 2.44. The highest BCUT2D eigenvalue weighted by atomic mass is 15.1. The number of anilines is 6. The quantitative estimate of drug-likeness (QED) is 0.100. The molecule has 0 saturated heterocycles. The minimum Gasteiger partial charge on any atom is -0.310 e. The van der Waals surface area contributed by atoms with E-state index in [-0.39, 0.29) is 0 Å². The summed E-state index contributed by atoms with van der Waals surface area (Å²) in [7, 11) is 0. The molecule has 0 aliphatic carbocycles. The molecule has 0 bridgehead atoms. The van der Waals surface area contributed by atoms with E-state index >= 15 is 0 Å². The lowest BCUT2D eigenvalue weighted by atomic mass is 9.85. The first-order chi connectivity index (χ1) is 33.4. The Morgan fingerprint density at radius 2 is 0.618 bits per heavy atom. The standard InChI is InChI=1S/C62H60N2.2C2H6/c1-7-43(5)47-25-33-53(34-26-47)63(51-29-21-45(9-3)22-30-51)55-37-39-57-59(41-55)61(49-17-13-11-14-18-49)58-40-38-56(42-60(58)62(57)50-19-15-12-16-20-50)64(52-31-23-46(10-4)24-32-52)54-35-27-48(28-36-54)44(6)8-2;2*1-2/h11-44H,7-10H2,1-6H3;2*1-2H3. The number of hydrogen-bond donors (Lipinski definition) is 0. The fourth-order valence-corrected chi connectivity index (χ4v) is 9.35. The molecule has 9 rings (SSSR count). The Hall–Kier alpha value is -6.90. The average molecular weight is 893 g/mol. The predicted molar refractivity (Wildman–Crippen MR) is 301 cm³/mol. The molecule has 346 valence electrons. The van der Waals surface area contributed by atoms with E-state index in [1.165, 1.54) is 66.1 Å². The van der Waals surface area contributed by atoms with Gasteiger partial charge in [0.1, 0.15) is 0 Å². The van der Waals surface area contributed by atoms with Crippen molar-refractivity contribution in [2.24, 2.45) is 0 Å². The van der Waals surface area contributed by atoms with Crippen LogP contribution in [0.4, 0.5) is 34.1 Å². The molecular weight excluding hydrogens is 821 g/mol. The van der Waals surface area contributed by atoms with Gasteiger partial charge in [-0.1, -0.05) is 191 Å². The van der Waals surface area contributed by atoms with E-state index in [1.54, 1.807) is 0 Å². The van der Waals surface area contributed by atoms with Crippen molar-refractivity contribution in [3.63, 3.8) is 0 Å². The summed E-state index contributed by atoms with van der Waals surface area (Å²) in [6.07, 6.45) is 4.24. The number of aryl methyl sites for hydroxylation is 2. The molecule has 0 saturated carbocycles. The van der Waals surface area contributed by atoms with Crippen LogP contribution in [-0.4, -0.2) is 0 Å². The van der Waals surface area contributed by atoms with Crippen LogP contribution in [0.25, 0.3) is 43.8 Å². The third-order valence-electron chi connectivity index (χ3n) is 13.6. The van der Waals surface area contributed by atoms with Crippen LogP contribution < -0.4 is 9.80 Å². The number of fused-ring (bicyclic) bond motifs is 2. The SMILES string of the molecule is CC.CC.CCc1ccc(N(c2ccc(C(C)CC)cc2)c2ccc3c(-c4ccccc4)c4cc(N(c5ccc(CC)cc5)c5ccc(C(C)CC)cc5)ccc4c(-c4ccccc4)c3c2)cc1. The second kappa shape index (κ2) is 23.2. The Morgan fingerprint density at radius 1 is 0.324 bits per heavy atom. The lowest BCUT2D eigenvalue weighted by Crippen LogP contribution is -2.11.